The first-order chi connectivity index (χ1) is 35.7. The van der Waals surface area contributed by atoms with E-state index < -0.39 is 10.8 Å². The minimum absolute atomic E-state index is 0.556. The van der Waals surface area contributed by atoms with E-state index in [0.717, 1.165) is 62.3 Å². The summed E-state index contributed by atoms with van der Waals surface area (Å²) < 4.78 is 16.0. The highest BCUT2D eigenvalue weighted by molar-refractivity contribution is 7.25. The summed E-state index contributed by atoms with van der Waals surface area (Å²) >= 11 is 1.86. The molecule has 336 valence electrons. The highest BCUT2D eigenvalue weighted by Crippen LogP contribution is 2.65. The third kappa shape index (κ3) is 5.23. The average Bonchev–Trinajstić information content (AvgIpc) is 4.06. The van der Waals surface area contributed by atoms with Gasteiger partial charge in [-0.1, -0.05) is 176 Å². The number of hydrogen-bond donors (Lipinski definition) is 0. The zero-order chi connectivity index (χ0) is 47.1. The Kier molecular flexibility index (Phi) is 8.18. The predicted molar refractivity (Wildman–Crippen MR) is 294 cm³/mol. The van der Waals surface area contributed by atoms with Gasteiger partial charge in [0.15, 0.2) is 0 Å². The zero-order valence-corrected chi connectivity index (χ0v) is 39.7. The van der Waals surface area contributed by atoms with Crippen LogP contribution >= 0.6 is 11.3 Å². The van der Waals surface area contributed by atoms with Gasteiger partial charge in [-0.2, -0.15) is 0 Å². The number of para-hydroxylation sites is 4. The van der Waals surface area contributed by atoms with Crippen molar-refractivity contribution in [2.75, 3.05) is 4.90 Å². The Bertz CT molecular complexity index is 3970. The largest absolute Gasteiger partial charge is 0.457 e. The monoisotopic (exact) mass is 935 g/mol. The van der Waals surface area contributed by atoms with Crippen LogP contribution in [0.2, 0.25) is 0 Å². The number of anilines is 3. The van der Waals surface area contributed by atoms with E-state index >= 15 is 0 Å². The third-order valence-corrected chi connectivity index (χ3v) is 17.1. The van der Waals surface area contributed by atoms with Gasteiger partial charge in [0.2, 0.25) is 0 Å². The highest BCUT2D eigenvalue weighted by Gasteiger charge is 2.53. The van der Waals surface area contributed by atoms with E-state index in [1.165, 1.54) is 75.8 Å². The van der Waals surface area contributed by atoms with E-state index in [0.29, 0.717) is 0 Å². The lowest BCUT2D eigenvalue weighted by Crippen LogP contribution is -2.32. The van der Waals surface area contributed by atoms with Crippen molar-refractivity contribution < 1.29 is 9.47 Å². The van der Waals surface area contributed by atoms with Crippen molar-refractivity contribution in [1.82, 2.24) is 0 Å². The molecule has 0 saturated heterocycles. The van der Waals surface area contributed by atoms with Crippen LogP contribution in [0.3, 0.4) is 0 Å². The molecule has 1 aromatic heterocycles. The first-order valence-corrected chi connectivity index (χ1v) is 25.5. The zero-order valence-electron chi connectivity index (χ0n) is 38.8. The summed E-state index contributed by atoms with van der Waals surface area (Å²) in [7, 11) is 0. The maximum atomic E-state index is 6.68. The van der Waals surface area contributed by atoms with Crippen LogP contribution in [0, 0.1) is 0 Å². The van der Waals surface area contributed by atoms with Crippen molar-refractivity contribution in [2.45, 2.75) is 10.8 Å². The molecular weight excluding hydrogens is 895 g/mol. The van der Waals surface area contributed by atoms with Gasteiger partial charge in [-0.15, -0.1) is 11.3 Å². The van der Waals surface area contributed by atoms with Crippen LogP contribution in [-0.4, -0.2) is 0 Å². The summed E-state index contributed by atoms with van der Waals surface area (Å²) in [6, 6.07) is 91.4. The van der Waals surface area contributed by atoms with Crippen molar-refractivity contribution >= 4 is 48.6 Å². The molecule has 11 aromatic carbocycles. The number of benzene rings is 11. The first kappa shape index (κ1) is 39.8. The lowest BCUT2D eigenvalue weighted by atomic mass is 9.66. The molecule has 0 N–H and O–H groups in total. The van der Waals surface area contributed by atoms with Gasteiger partial charge in [-0.25, -0.2) is 0 Å². The summed E-state index contributed by atoms with van der Waals surface area (Å²) in [5, 5.41) is 2.62. The van der Waals surface area contributed by atoms with Crippen molar-refractivity contribution in [3.05, 3.63) is 293 Å². The molecule has 0 bridgehead atoms. The fraction of sp³-hybridized carbons (Fsp3) is 0.0294. The Balaban J connectivity index is 0.911. The van der Waals surface area contributed by atoms with Crippen molar-refractivity contribution in [3.63, 3.8) is 0 Å². The van der Waals surface area contributed by atoms with Crippen molar-refractivity contribution in [3.8, 4) is 56.4 Å². The number of hydrogen-bond acceptors (Lipinski definition) is 4. The molecule has 3 nitrogen and oxygen atoms in total. The van der Waals surface area contributed by atoms with E-state index in [2.05, 4.69) is 254 Å². The summed E-state index contributed by atoms with van der Waals surface area (Å²) in [4.78, 5) is 2.46. The van der Waals surface area contributed by atoms with Gasteiger partial charge >= 0.3 is 0 Å². The van der Waals surface area contributed by atoms with Crippen LogP contribution in [0.5, 0.6) is 23.0 Å². The molecule has 2 spiro atoms. The van der Waals surface area contributed by atoms with Gasteiger partial charge in [-0.05, 0) is 128 Å². The first-order valence-electron chi connectivity index (χ1n) is 24.7. The minimum atomic E-state index is -0.556. The van der Waals surface area contributed by atoms with Crippen LogP contribution in [0.25, 0.3) is 53.6 Å². The molecule has 0 saturated carbocycles. The maximum absolute atomic E-state index is 6.68. The summed E-state index contributed by atoms with van der Waals surface area (Å²) in [6.07, 6.45) is 0. The Morgan fingerprint density at radius 1 is 0.278 bits per heavy atom. The van der Waals surface area contributed by atoms with E-state index in [-0.39, 0.29) is 0 Å². The van der Waals surface area contributed by atoms with E-state index in [1.54, 1.807) is 0 Å². The molecule has 0 amide bonds. The molecule has 4 heteroatoms. The molecular formula is C68H41NO2S. The molecule has 0 fully saturated rings. The SMILES string of the molecule is c1ccc2c(c1)Oc1ccccc1C21c2ccccc2-c2cc(N(c3ccc(-c4ccc5c(c4)sc4ccccc45)cc3)c3ccc4c(c3)-c3ccccc3C43c4ccccc4Oc4ccccc43)ccc21. The molecule has 0 unspecified atom stereocenters. The van der Waals surface area contributed by atoms with E-state index in [4.69, 9.17) is 9.47 Å². The van der Waals surface area contributed by atoms with Crippen LogP contribution in [-0.2, 0) is 10.8 Å². The standard InChI is InChI=1S/C68H41NO2S/c1-4-18-53-47(15-1)51-40-45(34-37-55(51)67(53)57-20-6-10-24-61(57)70-62-25-11-7-21-58(62)67)69(44-32-29-42(30-33-44)43-31-36-50-49-17-3-14-28-65(49)72-66(50)39-43)46-35-38-56-52(41-46)48-16-2-5-19-54(48)68(56)59-22-8-12-26-63(59)71-64-27-13-9-23-60(64)68/h1-41H. The molecule has 2 aliphatic heterocycles. The number of ether oxygens (including phenoxy) is 2. The van der Waals surface area contributed by atoms with Crippen LogP contribution in [0.1, 0.15) is 44.5 Å². The Hall–Kier alpha value is -8.96. The molecule has 72 heavy (non-hydrogen) atoms. The second kappa shape index (κ2) is 14.8. The predicted octanol–water partition coefficient (Wildman–Crippen LogP) is 18.1. The van der Waals surface area contributed by atoms with Gasteiger partial charge in [0.1, 0.15) is 23.0 Å². The second-order valence-electron chi connectivity index (χ2n) is 19.4. The van der Waals surface area contributed by atoms with E-state index in [1.807, 2.05) is 11.3 Å². The van der Waals surface area contributed by atoms with Gasteiger partial charge in [0, 0.05) is 59.5 Å². The number of fused-ring (bicyclic) bond motifs is 21. The lowest BCUT2D eigenvalue weighted by Gasteiger charge is -2.39. The third-order valence-electron chi connectivity index (χ3n) is 16.0. The molecule has 4 aliphatic rings. The quantitative estimate of drug-likeness (QED) is 0.176. The summed E-state index contributed by atoms with van der Waals surface area (Å²) in [6.45, 7) is 0. The molecule has 3 heterocycles. The van der Waals surface area contributed by atoms with E-state index in [9.17, 15) is 0 Å². The topological polar surface area (TPSA) is 21.7 Å². The van der Waals surface area contributed by atoms with Crippen molar-refractivity contribution in [1.29, 1.82) is 0 Å². The Morgan fingerprint density at radius 2 is 0.667 bits per heavy atom. The second-order valence-corrected chi connectivity index (χ2v) is 20.5. The smallest absolute Gasteiger partial charge is 0.132 e. The number of rotatable bonds is 4. The number of nitrogens with zero attached hydrogens (tertiary/aromatic N) is 1. The van der Waals surface area contributed by atoms with Gasteiger partial charge in [0.05, 0.1) is 10.8 Å². The highest BCUT2D eigenvalue weighted by atomic mass is 32.1. The summed E-state index contributed by atoms with van der Waals surface area (Å²) in [5.74, 6) is 3.56. The van der Waals surface area contributed by atoms with Gasteiger partial charge < -0.3 is 14.4 Å². The van der Waals surface area contributed by atoms with Gasteiger partial charge in [0.25, 0.3) is 0 Å². The molecule has 12 aromatic rings. The lowest BCUT2D eigenvalue weighted by molar-refractivity contribution is 0.436. The minimum Gasteiger partial charge on any atom is -0.457 e. The normalized spacial score (nSPS) is 14.3. The fourth-order valence-corrected chi connectivity index (χ4v) is 14.3. The van der Waals surface area contributed by atoms with Gasteiger partial charge in [-0.3, -0.25) is 0 Å². The van der Waals surface area contributed by atoms with Crippen LogP contribution < -0.4 is 14.4 Å². The average molecular weight is 936 g/mol. The molecule has 2 aliphatic carbocycles. The Labute approximate surface area is 421 Å². The molecule has 0 atom stereocenters. The number of thiophene rings is 1. The fourth-order valence-electron chi connectivity index (χ4n) is 13.1. The Morgan fingerprint density at radius 3 is 1.18 bits per heavy atom. The summed E-state index contributed by atoms with van der Waals surface area (Å²) in [5.41, 5.74) is 19.1. The molecule has 16 rings (SSSR count). The maximum Gasteiger partial charge on any atom is 0.132 e. The van der Waals surface area contributed by atoms with Crippen LogP contribution in [0.15, 0.2) is 249 Å². The van der Waals surface area contributed by atoms with Crippen LogP contribution in [0.4, 0.5) is 17.1 Å². The van der Waals surface area contributed by atoms with Crippen molar-refractivity contribution in [2.24, 2.45) is 0 Å². The molecule has 0 radical (unpaired) electrons.